The predicted molar refractivity (Wildman–Crippen MR) is 111 cm³/mol. The molecule has 1 aliphatic heterocycles. The molecule has 1 amide bonds. The van der Waals surface area contributed by atoms with Gasteiger partial charge in [0.1, 0.15) is 5.82 Å². The van der Waals surface area contributed by atoms with Gasteiger partial charge in [0, 0.05) is 11.3 Å². The van der Waals surface area contributed by atoms with Crippen LogP contribution in [0.5, 0.6) is 0 Å². The first-order valence-corrected chi connectivity index (χ1v) is 10.00. The Bertz CT molecular complexity index is 912. The number of nitrogens with two attached hydrogens (primary N) is 1. The fourth-order valence-electron chi connectivity index (χ4n) is 3.28. The lowest BCUT2D eigenvalue weighted by Crippen LogP contribution is -2.29. The number of carbonyl (C=O) groups excluding carboxylic acids is 1. The first kappa shape index (κ1) is 19.4. The number of halogens is 1. The molecule has 2 aromatic rings. The Hall–Kier alpha value is -2.34. The van der Waals surface area contributed by atoms with E-state index in [9.17, 15) is 9.18 Å². The van der Waals surface area contributed by atoms with Gasteiger partial charge in [0.05, 0.1) is 11.2 Å². The fraction of sp³-hybridized carbons (Fsp3) is 0.333. The number of anilines is 1. The van der Waals surface area contributed by atoms with Crippen molar-refractivity contribution in [2.45, 2.75) is 39.2 Å². The molecule has 0 spiro atoms. The molecular formula is C21H24FN3OS. The predicted octanol–water partition coefficient (Wildman–Crippen LogP) is 4.62. The van der Waals surface area contributed by atoms with Crippen LogP contribution in [0.1, 0.15) is 47.3 Å². The van der Waals surface area contributed by atoms with Crippen molar-refractivity contribution in [1.29, 1.82) is 0 Å². The summed E-state index contributed by atoms with van der Waals surface area (Å²) < 4.78 is 14.3. The Kier molecular flexibility index (Phi) is 5.56. The maximum Gasteiger partial charge on any atom is 0.255 e. The first-order chi connectivity index (χ1) is 12.8. The molecular weight excluding hydrogens is 361 g/mol. The topological polar surface area (TPSA) is 67.5 Å². The summed E-state index contributed by atoms with van der Waals surface area (Å²) >= 11 is 1.52. The lowest BCUT2D eigenvalue weighted by atomic mass is 9.89. The van der Waals surface area contributed by atoms with Crippen molar-refractivity contribution in [1.82, 2.24) is 0 Å². The summed E-state index contributed by atoms with van der Waals surface area (Å²) in [6.45, 7) is 6.02. The number of aliphatic imine (C=N–C) groups is 1. The number of amides is 1. The zero-order chi connectivity index (χ0) is 19.6. The minimum Gasteiger partial charge on any atom is -0.379 e. The Morgan fingerprint density at radius 2 is 2.11 bits per heavy atom. The van der Waals surface area contributed by atoms with Gasteiger partial charge < -0.3 is 11.1 Å². The highest BCUT2D eigenvalue weighted by atomic mass is 32.2. The van der Waals surface area contributed by atoms with E-state index in [0.717, 1.165) is 29.7 Å². The molecule has 0 radical (unpaired) electrons. The van der Waals surface area contributed by atoms with E-state index >= 15 is 0 Å². The standard InChI is InChI=1S/C21H24FN3OS/c1-4-14-5-6-15(11-13(14)2)19(26)24-18-12-16(7-8-17(18)22)21(3)9-10-27-20(23)25-21/h5-8,11-12H,4,9-10H2,1-3H3,(H2,23,25)(H,24,26). The van der Waals surface area contributed by atoms with Crippen molar-refractivity contribution in [3.05, 3.63) is 64.5 Å². The van der Waals surface area contributed by atoms with Crippen LogP contribution in [-0.2, 0) is 12.0 Å². The fourth-order valence-corrected chi connectivity index (χ4v) is 4.25. The normalized spacial score (nSPS) is 19.5. The van der Waals surface area contributed by atoms with Crippen LogP contribution in [0, 0.1) is 12.7 Å². The van der Waals surface area contributed by atoms with Crippen molar-refractivity contribution in [3.8, 4) is 0 Å². The molecule has 1 unspecified atom stereocenters. The van der Waals surface area contributed by atoms with Crippen LogP contribution in [0.2, 0.25) is 0 Å². The maximum atomic E-state index is 14.3. The molecule has 4 nitrogen and oxygen atoms in total. The molecule has 0 aliphatic carbocycles. The van der Waals surface area contributed by atoms with Gasteiger partial charge in [-0.15, -0.1) is 0 Å². The molecule has 1 heterocycles. The maximum absolute atomic E-state index is 14.3. The first-order valence-electron chi connectivity index (χ1n) is 9.01. The number of amidine groups is 1. The summed E-state index contributed by atoms with van der Waals surface area (Å²) in [5, 5.41) is 3.23. The van der Waals surface area contributed by atoms with Crippen LogP contribution in [0.25, 0.3) is 0 Å². The number of carbonyl (C=O) groups is 1. The average Bonchev–Trinajstić information content (AvgIpc) is 2.63. The Morgan fingerprint density at radius 3 is 2.78 bits per heavy atom. The highest BCUT2D eigenvalue weighted by Gasteiger charge is 2.30. The van der Waals surface area contributed by atoms with Gasteiger partial charge in [-0.2, -0.15) is 0 Å². The SMILES string of the molecule is CCc1ccc(C(=O)Nc2cc(C3(C)CCSC(N)=N3)ccc2F)cc1C. The van der Waals surface area contributed by atoms with Crippen molar-refractivity contribution in [3.63, 3.8) is 0 Å². The number of nitrogens with zero attached hydrogens (tertiary/aromatic N) is 1. The van der Waals surface area contributed by atoms with Gasteiger partial charge >= 0.3 is 0 Å². The van der Waals surface area contributed by atoms with Gasteiger partial charge in [0.15, 0.2) is 5.17 Å². The Labute approximate surface area is 163 Å². The third-order valence-electron chi connectivity index (χ3n) is 5.02. The van der Waals surface area contributed by atoms with E-state index in [1.165, 1.54) is 23.4 Å². The number of hydrogen-bond donors (Lipinski definition) is 2. The molecule has 3 N–H and O–H groups in total. The second kappa shape index (κ2) is 7.72. The van der Waals surface area contributed by atoms with Crippen molar-refractivity contribution >= 4 is 28.5 Å². The van der Waals surface area contributed by atoms with E-state index in [1.807, 2.05) is 26.0 Å². The molecule has 1 aliphatic rings. The second-order valence-electron chi connectivity index (χ2n) is 6.97. The molecule has 2 aromatic carbocycles. The van der Waals surface area contributed by atoms with E-state index in [4.69, 9.17) is 5.73 Å². The Balaban J connectivity index is 1.88. The molecule has 0 bridgehead atoms. The molecule has 142 valence electrons. The summed E-state index contributed by atoms with van der Waals surface area (Å²) in [5.41, 5.74) is 9.11. The quantitative estimate of drug-likeness (QED) is 0.807. The molecule has 6 heteroatoms. The zero-order valence-corrected chi connectivity index (χ0v) is 16.6. The summed E-state index contributed by atoms with van der Waals surface area (Å²) in [5.74, 6) is 0.0532. The molecule has 1 atom stereocenters. The van der Waals surface area contributed by atoms with E-state index in [0.29, 0.717) is 10.7 Å². The summed E-state index contributed by atoms with van der Waals surface area (Å²) in [6, 6.07) is 10.3. The van der Waals surface area contributed by atoms with Gasteiger partial charge in [0.2, 0.25) is 0 Å². The van der Waals surface area contributed by atoms with Gasteiger partial charge in [-0.1, -0.05) is 30.8 Å². The van der Waals surface area contributed by atoms with E-state index in [2.05, 4.69) is 17.2 Å². The summed E-state index contributed by atoms with van der Waals surface area (Å²) in [7, 11) is 0. The lowest BCUT2D eigenvalue weighted by molar-refractivity contribution is 0.102. The van der Waals surface area contributed by atoms with Crippen molar-refractivity contribution < 1.29 is 9.18 Å². The Morgan fingerprint density at radius 1 is 1.33 bits per heavy atom. The van der Waals surface area contributed by atoms with Crippen LogP contribution in [0.15, 0.2) is 41.4 Å². The van der Waals surface area contributed by atoms with Gasteiger partial charge in [0.25, 0.3) is 5.91 Å². The van der Waals surface area contributed by atoms with Crippen molar-refractivity contribution in [2.24, 2.45) is 10.7 Å². The second-order valence-corrected chi connectivity index (χ2v) is 8.08. The number of nitrogens with one attached hydrogen (secondary N) is 1. The van der Waals surface area contributed by atoms with E-state index in [1.54, 1.807) is 18.2 Å². The largest absolute Gasteiger partial charge is 0.379 e. The van der Waals surface area contributed by atoms with Crippen LogP contribution >= 0.6 is 11.8 Å². The molecule has 0 fully saturated rings. The monoisotopic (exact) mass is 385 g/mol. The average molecular weight is 386 g/mol. The summed E-state index contributed by atoms with van der Waals surface area (Å²) in [6.07, 6.45) is 1.71. The van der Waals surface area contributed by atoms with Crippen LogP contribution in [0.3, 0.4) is 0 Å². The highest BCUT2D eigenvalue weighted by molar-refractivity contribution is 8.13. The third kappa shape index (κ3) is 4.16. The molecule has 3 rings (SSSR count). The smallest absolute Gasteiger partial charge is 0.255 e. The number of benzene rings is 2. The molecule has 0 saturated heterocycles. The molecule has 27 heavy (non-hydrogen) atoms. The number of rotatable bonds is 4. The highest BCUT2D eigenvalue weighted by Crippen LogP contribution is 2.36. The number of hydrogen-bond acceptors (Lipinski definition) is 4. The summed E-state index contributed by atoms with van der Waals surface area (Å²) in [4.78, 5) is 17.2. The number of thioether (sulfide) groups is 1. The number of aryl methyl sites for hydroxylation is 2. The van der Waals surface area contributed by atoms with Gasteiger partial charge in [-0.3, -0.25) is 9.79 Å². The van der Waals surface area contributed by atoms with Crippen molar-refractivity contribution in [2.75, 3.05) is 11.1 Å². The minimum atomic E-state index is -0.512. The molecule has 0 saturated carbocycles. The van der Waals surface area contributed by atoms with Crippen LogP contribution < -0.4 is 11.1 Å². The zero-order valence-electron chi connectivity index (χ0n) is 15.8. The minimum absolute atomic E-state index is 0.156. The van der Waals surface area contributed by atoms with Gasteiger partial charge in [-0.25, -0.2) is 4.39 Å². The van der Waals surface area contributed by atoms with Crippen LogP contribution in [-0.4, -0.2) is 16.8 Å². The van der Waals surface area contributed by atoms with Crippen LogP contribution in [0.4, 0.5) is 10.1 Å². The third-order valence-corrected chi connectivity index (χ3v) is 5.81. The lowest BCUT2D eigenvalue weighted by Gasteiger charge is -2.30. The van der Waals surface area contributed by atoms with E-state index < -0.39 is 11.4 Å². The molecule has 0 aromatic heterocycles. The van der Waals surface area contributed by atoms with Gasteiger partial charge in [-0.05, 0) is 67.6 Å². The van der Waals surface area contributed by atoms with E-state index in [-0.39, 0.29) is 11.6 Å².